The molecule has 2 atom stereocenters. The molecule has 0 aliphatic heterocycles. The van der Waals surface area contributed by atoms with Crippen molar-refractivity contribution in [2.75, 3.05) is 13.7 Å². The third kappa shape index (κ3) is 7.03. The van der Waals surface area contributed by atoms with Gasteiger partial charge in [-0.3, -0.25) is 0 Å². The van der Waals surface area contributed by atoms with Crippen LogP contribution in [0.4, 0.5) is 0 Å². The maximum Gasteiger partial charge on any atom is 0.333 e. The number of rotatable bonds is 10. The smallest absolute Gasteiger partial charge is 0.333 e. The van der Waals surface area contributed by atoms with Crippen LogP contribution in [0.15, 0.2) is 84.0 Å². The Morgan fingerprint density at radius 1 is 0.970 bits per heavy atom. The lowest BCUT2D eigenvalue weighted by molar-refractivity contribution is -0.148. The van der Waals surface area contributed by atoms with Crippen LogP contribution in [0.5, 0.6) is 5.75 Å². The van der Waals surface area contributed by atoms with Gasteiger partial charge in [0.05, 0.1) is 6.61 Å². The molecule has 6 nitrogen and oxygen atoms in total. The molecule has 3 aromatic rings. The van der Waals surface area contributed by atoms with Crippen molar-refractivity contribution in [1.29, 1.82) is 0 Å². The van der Waals surface area contributed by atoms with Crippen LogP contribution >= 0.6 is 0 Å². The molecule has 3 rings (SSSR count). The Labute approximate surface area is 193 Å². The van der Waals surface area contributed by atoms with E-state index in [9.17, 15) is 9.70 Å². The molecule has 0 saturated heterocycles. The average molecular weight is 443 g/mol. The van der Waals surface area contributed by atoms with Gasteiger partial charge in [0.15, 0.2) is 6.10 Å². The Morgan fingerprint density at radius 2 is 1.64 bits per heavy atom. The highest BCUT2D eigenvalue weighted by Crippen LogP contribution is 2.27. The van der Waals surface area contributed by atoms with E-state index in [0.717, 1.165) is 22.3 Å². The van der Waals surface area contributed by atoms with E-state index in [1.165, 1.54) is 7.11 Å². The first kappa shape index (κ1) is 23.7. The Balaban J connectivity index is 1.48. The third-order valence-electron chi connectivity index (χ3n) is 5.08. The molecule has 0 radical (unpaired) electrons. The SMILES string of the molecule is CO[C@@H](Cc1ccc(C#CCCOc2ccc(C(N=O)c3ccccc3)cc2)cc1)C(=O)O. The number of nitrogens with zero attached hydrogens (tertiary/aromatic N) is 1. The molecule has 3 aromatic carbocycles. The maximum atomic E-state index is 11.3. The van der Waals surface area contributed by atoms with Crippen LogP contribution in [0.25, 0.3) is 0 Å². The molecule has 0 fully saturated rings. The van der Waals surface area contributed by atoms with Gasteiger partial charge in [-0.25, -0.2) is 4.79 Å². The Morgan fingerprint density at radius 3 is 2.24 bits per heavy atom. The second-order valence-corrected chi connectivity index (χ2v) is 7.35. The van der Waals surface area contributed by atoms with E-state index < -0.39 is 18.1 Å². The fraction of sp³-hybridized carbons (Fsp3) is 0.222. The number of hydrogen-bond donors (Lipinski definition) is 1. The summed E-state index contributed by atoms with van der Waals surface area (Å²) in [6, 6.07) is 23.7. The fourth-order valence-electron chi connectivity index (χ4n) is 3.29. The molecule has 0 aliphatic carbocycles. The van der Waals surface area contributed by atoms with Crippen LogP contribution in [-0.4, -0.2) is 30.9 Å². The number of ether oxygens (including phenoxy) is 2. The summed E-state index contributed by atoms with van der Waals surface area (Å²) in [7, 11) is 1.39. The fourth-order valence-corrected chi connectivity index (χ4v) is 3.29. The van der Waals surface area contributed by atoms with Gasteiger partial charge in [0.2, 0.25) is 0 Å². The Bertz CT molecular complexity index is 1100. The number of aliphatic carboxylic acids is 1. The zero-order valence-corrected chi connectivity index (χ0v) is 18.3. The van der Waals surface area contributed by atoms with Crippen LogP contribution in [-0.2, 0) is 16.0 Å². The lowest BCUT2D eigenvalue weighted by Crippen LogP contribution is -2.24. The van der Waals surface area contributed by atoms with E-state index in [1.54, 1.807) is 0 Å². The first-order chi connectivity index (χ1) is 16.1. The summed E-state index contributed by atoms with van der Waals surface area (Å²) in [5.41, 5.74) is 3.39. The van der Waals surface area contributed by atoms with Gasteiger partial charge in [0.1, 0.15) is 11.8 Å². The second-order valence-electron chi connectivity index (χ2n) is 7.35. The van der Waals surface area contributed by atoms with Crippen molar-refractivity contribution in [3.05, 3.63) is 106 Å². The van der Waals surface area contributed by atoms with Crippen LogP contribution in [0.1, 0.15) is 34.7 Å². The zero-order valence-electron chi connectivity index (χ0n) is 18.3. The molecule has 0 spiro atoms. The van der Waals surface area contributed by atoms with E-state index in [0.29, 0.717) is 25.2 Å². The second kappa shape index (κ2) is 12.2. The van der Waals surface area contributed by atoms with E-state index in [2.05, 4.69) is 17.0 Å². The maximum absolute atomic E-state index is 11.3. The largest absolute Gasteiger partial charge is 0.493 e. The summed E-state index contributed by atoms with van der Waals surface area (Å²) >= 11 is 0. The topological polar surface area (TPSA) is 85.2 Å². The Kier molecular flexibility index (Phi) is 8.75. The molecule has 1 N–H and O–H groups in total. The zero-order chi connectivity index (χ0) is 23.5. The minimum absolute atomic E-state index is 0.307. The predicted molar refractivity (Wildman–Crippen MR) is 126 cm³/mol. The lowest BCUT2D eigenvalue weighted by Gasteiger charge is -2.11. The number of benzene rings is 3. The number of nitroso groups, excluding NO2 is 1. The predicted octanol–water partition coefficient (Wildman–Crippen LogP) is 5.01. The highest BCUT2D eigenvalue weighted by molar-refractivity contribution is 5.72. The molecule has 0 saturated carbocycles. The van der Waals surface area contributed by atoms with E-state index in [1.807, 2.05) is 78.9 Å². The van der Waals surface area contributed by atoms with Gasteiger partial charge >= 0.3 is 5.97 Å². The molecular weight excluding hydrogens is 418 g/mol. The lowest BCUT2D eigenvalue weighted by atomic mass is 10.00. The van der Waals surface area contributed by atoms with E-state index >= 15 is 0 Å². The monoisotopic (exact) mass is 443 g/mol. The standard InChI is InChI=1S/C27H25NO5/c1-32-25(27(29)30)19-21-12-10-20(11-13-21)7-5-6-18-33-24-16-14-23(15-17-24)26(28-31)22-8-3-2-4-9-22/h2-4,8-17,25-26H,6,18-19H2,1H3,(H,29,30)/t25-,26?/m0/s1. The Hall–Kier alpha value is -3.95. The van der Waals surface area contributed by atoms with Crippen LogP contribution in [0, 0.1) is 16.7 Å². The number of carbonyl (C=O) groups is 1. The van der Waals surface area contributed by atoms with Gasteiger partial charge in [-0.15, -0.1) is 4.91 Å². The molecule has 0 heterocycles. The molecule has 0 aromatic heterocycles. The summed E-state index contributed by atoms with van der Waals surface area (Å²) in [5.74, 6) is 5.87. The van der Waals surface area contributed by atoms with Crippen molar-refractivity contribution >= 4 is 5.97 Å². The molecule has 6 heteroatoms. The van der Waals surface area contributed by atoms with Crippen LogP contribution in [0.3, 0.4) is 0 Å². The number of carboxylic acid groups (broad SMARTS) is 1. The minimum atomic E-state index is -0.979. The summed E-state index contributed by atoms with van der Waals surface area (Å²) in [5, 5.41) is 12.3. The van der Waals surface area contributed by atoms with Crippen molar-refractivity contribution < 1.29 is 19.4 Å². The summed E-state index contributed by atoms with van der Waals surface area (Å²) < 4.78 is 10.7. The number of methoxy groups -OCH3 is 1. The van der Waals surface area contributed by atoms with Crippen molar-refractivity contribution in [2.45, 2.75) is 25.0 Å². The van der Waals surface area contributed by atoms with Gasteiger partial charge in [-0.05, 0) is 41.0 Å². The van der Waals surface area contributed by atoms with Crippen molar-refractivity contribution in [3.8, 4) is 17.6 Å². The molecule has 0 amide bonds. The highest BCUT2D eigenvalue weighted by Gasteiger charge is 2.16. The van der Waals surface area contributed by atoms with Crippen molar-refractivity contribution in [3.63, 3.8) is 0 Å². The number of carboxylic acids is 1. The molecule has 1 unspecified atom stereocenters. The summed E-state index contributed by atoms with van der Waals surface area (Å²) in [4.78, 5) is 22.4. The van der Waals surface area contributed by atoms with Gasteiger partial charge < -0.3 is 14.6 Å². The molecule has 168 valence electrons. The van der Waals surface area contributed by atoms with Crippen molar-refractivity contribution in [1.82, 2.24) is 0 Å². The van der Waals surface area contributed by atoms with E-state index in [4.69, 9.17) is 14.6 Å². The number of hydrogen-bond acceptors (Lipinski definition) is 5. The van der Waals surface area contributed by atoms with E-state index in [-0.39, 0.29) is 0 Å². The third-order valence-corrected chi connectivity index (χ3v) is 5.08. The molecule has 33 heavy (non-hydrogen) atoms. The van der Waals surface area contributed by atoms with Gasteiger partial charge in [-0.2, -0.15) is 0 Å². The summed E-state index contributed by atoms with van der Waals surface area (Å²) in [6.45, 7) is 0.437. The minimum Gasteiger partial charge on any atom is -0.493 e. The van der Waals surface area contributed by atoms with Crippen LogP contribution in [0.2, 0.25) is 0 Å². The summed E-state index contributed by atoms with van der Waals surface area (Å²) in [6.07, 6.45) is 0.00454. The van der Waals surface area contributed by atoms with Crippen molar-refractivity contribution in [2.24, 2.45) is 5.18 Å². The highest BCUT2D eigenvalue weighted by atomic mass is 16.5. The molecule has 0 bridgehead atoms. The molecule has 0 aliphatic rings. The van der Waals surface area contributed by atoms with Gasteiger partial charge in [-0.1, -0.05) is 71.6 Å². The first-order valence-electron chi connectivity index (χ1n) is 10.5. The van der Waals surface area contributed by atoms with Crippen LogP contribution < -0.4 is 4.74 Å². The average Bonchev–Trinajstić information content (AvgIpc) is 2.85. The molecular formula is C27H25NO5. The first-order valence-corrected chi connectivity index (χ1v) is 10.5. The quantitative estimate of drug-likeness (QED) is 0.271. The van der Waals surface area contributed by atoms with Gasteiger partial charge in [0, 0.05) is 25.5 Å². The van der Waals surface area contributed by atoms with Gasteiger partial charge in [0.25, 0.3) is 0 Å². The normalized spacial score (nSPS) is 12.2.